The van der Waals surface area contributed by atoms with Crippen molar-refractivity contribution in [1.29, 1.82) is 0 Å². The van der Waals surface area contributed by atoms with E-state index in [1.807, 2.05) is 71.6 Å². The van der Waals surface area contributed by atoms with Crippen LogP contribution in [0.5, 0.6) is 0 Å². The molecular formula is C24H18BrCl2N3O. The van der Waals surface area contributed by atoms with Gasteiger partial charge in [0.2, 0.25) is 5.91 Å². The van der Waals surface area contributed by atoms with Crippen LogP contribution in [0.1, 0.15) is 23.7 Å². The summed E-state index contributed by atoms with van der Waals surface area (Å²) in [4.78, 5) is 19.6. The Morgan fingerprint density at radius 1 is 0.968 bits per heavy atom. The van der Waals surface area contributed by atoms with E-state index in [9.17, 15) is 4.79 Å². The number of aromatic nitrogens is 2. The second-order valence-corrected chi connectivity index (χ2v) is 9.36. The van der Waals surface area contributed by atoms with Crippen LogP contribution in [0.15, 0.2) is 71.2 Å². The second-order valence-electron chi connectivity index (χ2n) is 7.63. The summed E-state index contributed by atoms with van der Waals surface area (Å²) in [7, 11) is 0. The molecule has 0 spiro atoms. The van der Waals surface area contributed by atoms with Crippen LogP contribution in [-0.4, -0.2) is 22.0 Å². The molecule has 0 bridgehead atoms. The van der Waals surface area contributed by atoms with Crippen LogP contribution in [0, 0.1) is 0 Å². The topological polar surface area (TPSA) is 38.1 Å². The molecule has 31 heavy (non-hydrogen) atoms. The Kier molecular flexibility index (Phi) is 5.51. The summed E-state index contributed by atoms with van der Waals surface area (Å²) in [6, 6.07) is 21.3. The van der Waals surface area contributed by atoms with E-state index >= 15 is 0 Å². The molecule has 1 aliphatic heterocycles. The molecule has 1 unspecified atom stereocenters. The van der Waals surface area contributed by atoms with Gasteiger partial charge in [0.05, 0.1) is 17.6 Å². The molecule has 1 amide bonds. The minimum absolute atomic E-state index is 0.0233. The average Bonchev–Trinajstić information content (AvgIpc) is 3.32. The normalized spacial score (nSPS) is 16.4. The summed E-state index contributed by atoms with van der Waals surface area (Å²) in [5, 5.41) is 1.24. The van der Waals surface area contributed by atoms with Gasteiger partial charge in [-0.2, -0.15) is 0 Å². The fraction of sp³-hybridized carbons (Fsp3) is 0.167. The maximum Gasteiger partial charge on any atom is 0.227 e. The Balaban J connectivity index is 1.55. The molecule has 0 aliphatic carbocycles. The average molecular weight is 515 g/mol. The van der Waals surface area contributed by atoms with Crippen LogP contribution in [0.4, 0.5) is 5.69 Å². The van der Waals surface area contributed by atoms with Crippen LogP contribution >= 0.6 is 39.1 Å². The molecule has 1 aromatic heterocycles. The first kappa shape index (κ1) is 20.6. The van der Waals surface area contributed by atoms with Crippen LogP contribution < -0.4 is 4.90 Å². The number of hydrogen-bond donors (Lipinski definition) is 0. The van der Waals surface area contributed by atoms with Crippen molar-refractivity contribution in [1.82, 2.24) is 9.55 Å². The second kappa shape index (κ2) is 8.30. The number of imidazole rings is 1. The number of fused-ring (bicyclic) bond motifs is 1. The molecule has 7 heteroatoms. The molecule has 1 saturated heterocycles. The monoisotopic (exact) mass is 513 g/mol. The molecule has 4 nitrogen and oxygen atoms in total. The van der Waals surface area contributed by atoms with E-state index in [1.165, 1.54) is 0 Å². The van der Waals surface area contributed by atoms with Gasteiger partial charge in [-0.05, 0) is 48.5 Å². The summed E-state index contributed by atoms with van der Waals surface area (Å²) in [5.74, 6) is 0.955. The largest absolute Gasteiger partial charge is 0.323 e. The summed E-state index contributed by atoms with van der Waals surface area (Å²) in [6.45, 7) is 1.08. The molecule has 4 aromatic rings. The van der Waals surface area contributed by atoms with Crippen molar-refractivity contribution in [2.45, 2.75) is 18.9 Å². The lowest BCUT2D eigenvalue weighted by Gasteiger charge is -2.18. The highest BCUT2D eigenvalue weighted by Gasteiger charge is 2.35. The Hall–Kier alpha value is -2.34. The van der Waals surface area contributed by atoms with Crippen LogP contribution in [0.2, 0.25) is 10.0 Å². The Morgan fingerprint density at radius 3 is 2.42 bits per heavy atom. The molecule has 156 valence electrons. The molecule has 1 atom stereocenters. The number of nitrogens with zero attached hydrogens (tertiary/aromatic N) is 3. The number of hydrogen-bond acceptors (Lipinski definition) is 2. The first-order valence-electron chi connectivity index (χ1n) is 9.95. The molecule has 2 heterocycles. The molecular weight excluding hydrogens is 497 g/mol. The number of anilines is 1. The maximum atomic E-state index is 12.9. The highest BCUT2D eigenvalue weighted by molar-refractivity contribution is 9.10. The fourth-order valence-corrected chi connectivity index (χ4v) is 4.95. The van der Waals surface area contributed by atoms with E-state index in [4.69, 9.17) is 28.2 Å². The van der Waals surface area contributed by atoms with E-state index in [2.05, 4.69) is 20.5 Å². The molecule has 1 aliphatic rings. The van der Waals surface area contributed by atoms with Gasteiger partial charge in [0, 0.05) is 44.7 Å². The van der Waals surface area contributed by atoms with Crippen molar-refractivity contribution in [2.24, 2.45) is 0 Å². The number of carbonyl (C=O) groups is 1. The lowest BCUT2D eigenvalue weighted by molar-refractivity contribution is -0.117. The first-order chi connectivity index (χ1) is 15.0. The van der Waals surface area contributed by atoms with Gasteiger partial charge in [-0.25, -0.2) is 4.98 Å². The number of amides is 1. The van der Waals surface area contributed by atoms with E-state index in [0.29, 0.717) is 29.6 Å². The quantitative estimate of drug-likeness (QED) is 0.305. The van der Waals surface area contributed by atoms with Crippen molar-refractivity contribution < 1.29 is 4.79 Å². The maximum absolute atomic E-state index is 12.9. The van der Waals surface area contributed by atoms with E-state index in [-0.39, 0.29) is 11.8 Å². The number of para-hydroxylation sites is 2. The van der Waals surface area contributed by atoms with E-state index in [1.54, 1.807) is 0 Å². The van der Waals surface area contributed by atoms with Gasteiger partial charge < -0.3 is 9.47 Å². The fourth-order valence-electron chi connectivity index (χ4n) is 4.16. The molecule has 0 saturated carbocycles. The number of carbonyl (C=O) groups excluding carboxylic acids is 1. The molecule has 0 radical (unpaired) electrons. The minimum Gasteiger partial charge on any atom is -0.323 e. The summed E-state index contributed by atoms with van der Waals surface area (Å²) in [5.41, 5.74) is 3.65. The molecule has 0 N–H and O–H groups in total. The summed E-state index contributed by atoms with van der Waals surface area (Å²) in [6.07, 6.45) is 0.412. The lowest BCUT2D eigenvalue weighted by atomic mass is 10.1. The van der Waals surface area contributed by atoms with Gasteiger partial charge in [0.25, 0.3) is 0 Å². The zero-order valence-electron chi connectivity index (χ0n) is 16.4. The van der Waals surface area contributed by atoms with Gasteiger partial charge in [-0.1, -0.05) is 57.3 Å². The predicted molar refractivity (Wildman–Crippen MR) is 129 cm³/mol. The lowest BCUT2D eigenvalue weighted by Crippen LogP contribution is -2.24. The molecule has 3 aromatic carbocycles. The van der Waals surface area contributed by atoms with Gasteiger partial charge in [-0.3, -0.25) is 4.79 Å². The van der Waals surface area contributed by atoms with Crippen LogP contribution in [0.25, 0.3) is 11.0 Å². The van der Waals surface area contributed by atoms with Crippen molar-refractivity contribution in [3.63, 3.8) is 0 Å². The SMILES string of the molecule is O=C1CC(c2nc3ccccc3n2Cc2c(Cl)cccc2Cl)CN1c1ccc(Br)cc1. The smallest absolute Gasteiger partial charge is 0.227 e. The van der Waals surface area contributed by atoms with E-state index < -0.39 is 0 Å². The van der Waals surface area contributed by atoms with Crippen molar-refractivity contribution in [3.8, 4) is 0 Å². The minimum atomic E-state index is -0.0233. The highest BCUT2D eigenvalue weighted by atomic mass is 79.9. The van der Waals surface area contributed by atoms with Crippen molar-refractivity contribution in [2.75, 3.05) is 11.4 Å². The van der Waals surface area contributed by atoms with Crippen molar-refractivity contribution >= 4 is 61.8 Å². The van der Waals surface area contributed by atoms with E-state index in [0.717, 1.165) is 32.6 Å². The van der Waals surface area contributed by atoms with Crippen molar-refractivity contribution in [3.05, 3.63) is 92.6 Å². The summed E-state index contributed by atoms with van der Waals surface area (Å²) >= 11 is 16.4. The van der Waals surface area contributed by atoms with Gasteiger partial charge >= 0.3 is 0 Å². The first-order valence-corrected chi connectivity index (χ1v) is 11.5. The standard InChI is InChI=1S/C24H18BrCl2N3O/c25-16-8-10-17(11-9-16)29-13-15(12-23(29)31)24-28-21-6-1-2-7-22(21)30(24)14-18-19(26)4-3-5-20(18)27/h1-11,15H,12-14H2. The zero-order chi connectivity index (χ0) is 21.5. The van der Waals surface area contributed by atoms with Gasteiger partial charge in [-0.15, -0.1) is 0 Å². The Morgan fingerprint density at radius 2 is 1.68 bits per heavy atom. The zero-order valence-corrected chi connectivity index (χ0v) is 19.5. The molecule has 5 rings (SSSR count). The highest BCUT2D eigenvalue weighted by Crippen LogP contribution is 2.35. The number of benzene rings is 3. The number of rotatable bonds is 4. The molecule has 1 fully saturated rings. The Labute approximate surface area is 198 Å². The Bertz CT molecular complexity index is 1270. The van der Waals surface area contributed by atoms with Gasteiger partial charge in [0.1, 0.15) is 5.82 Å². The van der Waals surface area contributed by atoms with Gasteiger partial charge in [0.15, 0.2) is 0 Å². The predicted octanol–water partition coefficient (Wildman–Crippen LogP) is 6.67. The third-order valence-electron chi connectivity index (χ3n) is 5.69. The van der Waals surface area contributed by atoms with Crippen LogP contribution in [-0.2, 0) is 11.3 Å². The number of halogens is 3. The van der Waals surface area contributed by atoms with Crippen LogP contribution in [0.3, 0.4) is 0 Å². The summed E-state index contributed by atoms with van der Waals surface area (Å²) < 4.78 is 3.13. The third-order valence-corrected chi connectivity index (χ3v) is 6.93. The third kappa shape index (κ3) is 3.86.